The lowest BCUT2D eigenvalue weighted by Gasteiger charge is -2.24. The van der Waals surface area contributed by atoms with E-state index in [2.05, 4.69) is 4.74 Å². The van der Waals surface area contributed by atoms with E-state index in [0.29, 0.717) is 17.1 Å². The molecule has 0 spiro atoms. The molecule has 0 saturated carbocycles. The van der Waals surface area contributed by atoms with Crippen LogP contribution < -0.4 is 9.47 Å². The summed E-state index contributed by atoms with van der Waals surface area (Å²) in [5.74, 6) is 0.382. The summed E-state index contributed by atoms with van der Waals surface area (Å²) in [7, 11) is 1.29. The van der Waals surface area contributed by atoms with E-state index in [1.807, 2.05) is 0 Å². The van der Waals surface area contributed by atoms with E-state index < -0.39 is 12.1 Å². The molecule has 0 N–H and O–H groups in total. The van der Waals surface area contributed by atoms with Crippen molar-refractivity contribution < 1.29 is 23.8 Å². The molecule has 1 aliphatic rings. The van der Waals surface area contributed by atoms with Crippen molar-refractivity contribution in [2.75, 3.05) is 13.7 Å². The van der Waals surface area contributed by atoms with Crippen LogP contribution in [0.1, 0.15) is 17.3 Å². The summed E-state index contributed by atoms with van der Waals surface area (Å²) in [6.45, 7) is 1.56. The van der Waals surface area contributed by atoms with Crippen LogP contribution in [-0.2, 0) is 9.53 Å². The summed E-state index contributed by atoms with van der Waals surface area (Å²) in [6.07, 6.45) is -0.754. The maximum Gasteiger partial charge on any atom is 0.350 e. The number of ketones is 1. The van der Waals surface area contributed by atoms with Crippen molar-refractivity contribution in [3.8, 4) is 11.5 Å². The molecule has 0 fully saturated rings. The lowest BCUT2D eigenvalue weighted by Crippen LogP contribution is -2.37. The maximum absolute atomic E-state index is 11.3. The number of fused-ring (bicyclic) bond motifs is 1. The van der Waals surface area contributed by atoms with Gasteiger partial charge in [-0.2, -0.15) is 0 Å². The van der Waals surface area contributed by atoms with Crippen LogP contribution >= 0.6 is 0 Å². The standard InChI is InChI=1S/C12H12O5/c1-7(13)8-3-4-9-10(5-8)16-6-11(17-9)12(14)15-2/h3-5,11H,6H2,1-2H3. The van der Waals surface area contributed by atoms with Gasteiger partial charge in [-0.25, -0.2) is 4.79 Å². The van der Waals surface area contributed by atoms with Gasteiger partial charge in [-0.05, 0) is 25.1 Å². The zero-order chi connectivity index (χ0) is 12.4. The average molecular weight is 236 g/mol. The van der Waals surface area contributed by atoms with Gasteiger partial charge in [0.25, 0.3) is 0 Å². The Morgan fingerprint density at radius 1 is 1.35 bits per heavy atom. The summed E-state index contributed by atoms with van der Waals surface area (Å²) >= 11 is 0. The molecule has 1 unspecified atom stereocenters. The topological polar surface area (TPSA) is 61.8 Å². The first-order valence-electron chi connectivity index (χ1n) is 5.14. The third-order valence-corrected chi connectivity index (χ3v) is 2.47. The summed E-state index contributed by atoms with van der Waals surface area (Å²) in [4.78, 5) is 22.5. The Labute approximate surface area is 98.3 Å². The quantitative estimate of drug-likeness (QED) is 0.570. The first-order chi connectivity index (χ1) is 8.11. The van der Waals surface area contributed by atoms with Crippen molar-refractivity contribution >= 4 is 11.8 Å². The Morgan fingerprint density at radius 3 is 2.76 bits per heavy atom. The Bertz CT molecular complexity index is 466. The van der Waals surface area contributed by atoms with E-state index in [9.17, 15) is 9.59 Å². The van der Waals surface area contributed by atoms with Crippen LogP contribution in [0, 0.1) is 0 Å². The second-order valence-electron chi connectivity index (χ2n) is 3.66. The molecule has 1 aliphatic heterocycles. The highest BCUT2D eigenvalue weighted by Crippen LogP contribution is 2.32. The number of Topliss-reactive ketones (excluding diaryl/α,β-unsaturated/α-hetero) is 1. The molecule has 5 heteroatoms. The molecule has 0 aliphatic carbocycles. The fourth-order valence-corrected chi connectivity index (χ4v) is 1.54. The Kier molecular flexibility index (Phi) is 2.99. The van der Waals surface area contributed by atoms with E-state index in [1.165, 1.54) is 14.0 Å². The first kappa shape index (κ1) is 11.4. The van der Waals surface area contributed by atoms with Gasteiger partial charge in [0, 0.05) is 5.56 Å². The maximum atomic E-state index is 11.3. The molecule has 1 aromatic rings. The highest BCUT2D eigenvalue weighted by Gasteiger charge is 2.28. The molecule has 17 heavy (non-hydrogen) atoms. The van der Waals surface area contributed by atoms with Gasteiger partial charge in [0.2, 0.25) is 6.10 Å². The lowest BCUT2D eigenvalue weighted by atomic mass is 10.1. The van der Waals surface area contributed by atoms with Gasteiger partial charge in [-0.15, -0.1) is 0 Å². The number of carbonyl (C=O) groups is 2. The second-order valence-corrected chi connectivity index (χ2v) is 3.66. The molecule has 0 amide bonds. The lowest BCUT2D eigenvalue weighted by molar-refractivity contribution is -0.151. The molecule has 1 atom stereocenters. The average Bonchev–Trinajstić information content (AvgIpc) is 2.36. The van der Waals surface area contributed by atoms with Crippen molar-refractivity contribution in [1.29, 1.82) is 0 Å². The van der Waals surface area contributed by atoms with E-state index in [1.54, 1.807) is 18.2 Å². The second kappa shape index (κ2) is 4.45. The largest absolute Gasteiger partial charge is 0.485 e. The molecule has 2 rings (SSSR count). The van der Waals surface area contributed by atoms with Gasteiger partial charge in [0.15, 0.2) is 17.3 Å². The summed E-state index contributed by atoms with van der Waals surface area (Å²) in [5.41, 5.74) is 0.545. The number of ether oxygens (including phenoxy) is 3. The summed E-state index contributed by atoms with van der Waals surface area (Å²) < 4.78 is 15.3. The summed E-state index contributed by atoms with van der Waals surface area (Å²) in [6, 6.07) is 4.84. The van der Waals surface area contributed by atoms with Gasteiger partial charge in [0.05, 0.1) is 7.11 Å². The Balaban J connectivity index is 2.23. The summed E-state index contributed by atoms with van der Waals surface area (Å²) in [5, 5.41) is 0. The number of hydrogen-bond donors (Lipinski definition) is 0. The number of carbonyl (C=O) groups excluding carboxylic acids is 2. The Hall–Kier alpha value is -2.04. The van der Waals surface area contributed by atoms with Crippen LogP contribution in [0.2, 0.25) is 0 Å². The fraction of sp³-hybridized carbons (Fsp3) is 0.333. The molecule has 0 saturated heterocycles. The molecule has 0 aromatic heterocycles. The fourth-order valence-electron chi connectivity index (χ4n) is 1.54. The Morgan fingerprint density at radius 2 is 2.12 bits per heavy atom. The smallest absolute Gasteiger partial charge is 0.350 e. The molecule has 1 heterocycles. The van der Waals surface area contributed by atoms with Crippen molar-refractivity contribution in [3.63, 3.8) is 0 Å². The molecule has 1 aromatic carbocycles. The van der Waals surface area contributed by atoms with Crippen molar-refractivity contribution in [1.82, 2.24) is 0 Å². The van der Waals surface area contributed by atoms with Gasteiger partial charge >= 0.3 is 5.97 Å². The van der Waals surface area contributed by atoms with E-state index in [4.69, 9.17) is 9.47 Å². The van der Waals surface area contributed by atoms with Crippen LogP contribution in [0.3, 0.4) is 0 Å². The number of hydrogen-bond acceptors (Lipinski definition) is 5. The predicted octanol–water partition coefficient (Wildman–Crippen LogP) is 1.20. The molecule has 5 nitrogen and oxygen atoms in total. The van der Waals surface area contributed by atoms with Gasteiger partial charge in [-0.3, -0.25) is 4.79 Å². The molecule has 0 radical (unpaired) electrons. The monoisotopic (exact) mass is 236 g/mol. The van der Waals surface area contributed by atoms with E-state index in [0.717, 1.165) is 0 Å². The van der Waals surface area contributed by atoms with Gasteiger partial charge in [-0.1, -0.05) is 0 Å². The zero-order valence-corrected chi connectivity index (χ0v) is 9.56. The minimum absolute atomic E-state index is 0.0495. The van der Waals surface area contributed by atoms with Crippen molar-refractivity contribution in [3.05, 3.63) is 23.8 Å². The predicted molar refractivity (Wildman–Crippen MR) is 58.4 cm³/mol. The van der Waals surface area contributed by atoms with E-state index in [-0.39, 0.29) is 12.4 Å². The van der Waals surface area contributed by atoms with Crippen LogP contribution in [0.15, 0.2) is 18.2 Å². The van der Waals surface area contributed by atoms with Crippen LogP contribution in [0.4, 0.5) is 0 Å². The van der Waals surface area contributed by atoms with Gasteiger partial charge in [0.1, 0.15) is 6.61 Å². The minimum Gasteiger partial charge on any atom is -0.485 e. The highest BCUT2D eigenvalue weighted by molar-refractivity contribution is 5.94. The SMILES string of the molecule is COC(=O)C1COc2cc(C(C)=O)ccc2O1. The van der Waals surface area contributed by atoms with Crippen LogP contribution in [-0.4, -0.2) is 31.6 Å². The zero-order valence-electron chi connectivity index (χ0n) is 9.56. The number of benzene rings is 1. The minimum atomic E-state index is -0.754. The first-order valence-corrected chi connectivity index (χ1v) is 5.14. The molecule has 0 bridgehead atoms. The normalized spacial score (nSPS) is 17.4. The molecular formula is C12H12O5. The molecular weight excluding hydrogens is 224 g/mol. The van der Waals surface area contributed by atoms with E-state index >= 15 is 0 Å². The van der Waals surface area contributed by atoms with Crippen molar-refractivity contribution in [2.45, 2.75) is 13.0 Å². The molecule has 90 valence electrons. The number of rotatable bonds is 2. The van der Waals surface area contributed by atoms with Crippen molar-refractivity contribution in [2.24, 2.45) is 0 Å². The van der Waals surface area contributed by atoms with Crippen LogP contribution in [0.5, 0.6) is 11.5 Å². The highest BCUT2D eigenvalue weighted by atomic mass is 16.6. The van der Waals surface area contributed by atoms with Gasteiger partial charge < -0.3 is 14.2 Å². The third kappa shape index (κ3) is 2.22. The number of esters is 1. The third-order valence-electron chi connectivity index (χ3n) is 2.47. The van der Waals surface area contributed by atoms with Crippen LogP contribution in [0.25, 0.3) is 0 Å². The number of methoxy groups -OCH3 is 1.